The summed E-state index contributed by atoms with van der Waals surface area (Å²) in [7, 11) is -0.939. The Morgan fingerprint density at radius 1 is 0.758 bits per heavy atom. The fourth-order valence-electron chi connectivity index (χ4n) is 7.49. The summed E-state index contributed by atoms with van der Waals surface area (Å²) in [5.41, 5.74) is 4.79. The van der Waals surface area contributed by atoms with Crippen LogP contribution in [0.15, 0.2) is 107 Å². The summed E-state index contributed by atoms with van der Waals surface area (Å²) in [6.45, 7) is 7.00. The van der Waals surface area contributed by atoms with Gasteiger partial charge in [-0.05, 0) is 85.1 Å². The monoisotopic (exact) mass is 958 g/mol. The molecule has 0 bridgehead atoms. The molecule has 5 aromatic rings. The minimum Gasteiger partial charge on any atom is -0.497 e. The Labute approximate surface area is 380 Å². The first kappa shape index (κ1) is 45.4. The van der Waals surface area contributed by atoms with Gasteiger partial charge in [-0.25, -0.2) is 26.4 Å². The van der Waals surface area contributed by atoms with Gasteiger partial charge < -0.3 is 20.3 Å². The van der Waals surface area contributed by atoms with Crippen LogP contribution in [0.5, 0.6) is 5.75 Å². The Morgan fingerprint density at radius 2 is 1.42 bits per heavy atom. The first-order chi connectivity index (χ1) is 29.5. The van der Waals surface area contributed by atoms with E-state index in [9.17, 15) is 26.4 Å². The van der Waals surface area contributed by atoms with Gasteiger partial charge in [0, 0.05) is 77.8 Å². The molecule has 0 spiro atoms. The number of urea groups is 2. The summed E-state index contributed by atoms with van der Waals surface area (Å²) in [5.74, 6) is 0.703. The number of sulfonamides is 1. The standard InChI is InChI=1S/C35H35Cl3N4O4S.C8H7ClN2O3S/c1-23(2)39-15-17-41(18-16-39)47(44,45)26-19-28(27-7-4-5-8-30(27)36)29-22-40(21-24-11-13-25(46-3)14-12-24)35(43)42(33(29)20-26)34-31(37)9-6-10-32(34)38;9-15(13,14)6-2-1-5-4-10-8(12)11-7(5)3-6/h4-14,19-20,23H,15-18,21-22H2,1-3H3;1-3H,4H2,(H2,10,11,12). The quantitative estimate of drug-likeness (QED) is 0.139. The molecule has 19 heteroatoms. The van der Waals surface area contributed by atoms with Gasteiger partial charge in [-0.2, -0.15) is 4.31 Å². The Bertz CT molecular complexity index is 2730. The number of methoxy groups -OCH3 is 1. The Kier molecular flexibility index (Phi) is 13.7. The lowest BCUT2D eigenvalue weighted by Crippen LogP contribution is -2.50. The van der Waals surface area contributed by atoms with Gasteiger partial charge in [-0.15, -0.1) is 0 Å². The van der Waals surface area contributed by atoms with E-state index in [4.69, 9.17) is 50.2 Å². The lowest BCUT2D eigenvalue weighted by molar-refractivity contribution is 0.154. The summed E-state index contributed by atoms with van der Waals surface area (Å²) >= 11 is 20.3. The normalized spacial score (nSPS) is 15.9. The zero-order valence-corrected chi connectivity index (χ0v) is 38.4. The van der Waals surface area contributed by atoms with Crippen molar-refractivity contribution in [1.29, 1.82) is 0 Å². The smallest absolute Gasteiger partial charge is 0.329 e. The molecule has 13 nitrogen and oxygen atoms in total. The topological polar surface area (TPSA) is 149 Å². The third-order valence-electron chi connectivity index (χ3n) is 10.8. The summed E-state index contributed by atoms with van der Waals surface area (Å²) in [6.07, 6.45) is 0. The molecule has 0 radical (unpaired) electrons. The maximum absolute atomic E-state index is 14.5. The number of fused-ring (bicyclic) bond motifs is 2. The largest absolute Gasteiger partial charge is 0.497 e. The molecule has 5 aromatic carbocycles. The maximum Gasteiger partial charge on any atom is 0.329 e. The van der Waals surface area contributed by atoms with Crippen LogP contribution in [0.4, 0.5) is 26.7 Å². The highest BCUT2D eigenvalue weighted by Crippen LogP contribution is 2.47. The number of anilines is 3. The number of rotatable bonds is 9. The van der Waals surface area contributed by atoms with Crippen molar-refractivity contribution in [3.63, 3.8) is 0 Å². The zero-order chi connectivity index (χ0) is 44.5. The van der Waals surface area contributed by atoms with Gasteiger partial charge in [0.25, 0.3) is 9.05 Å². The molecule has 3 heterocycles. The molecule has 0 aromatic heterocycles. The number of halogens is 4. The van der Waals surface area contributed by atoms with E-state index in [0.29, 0.717) is 77.6 Å². The van der Waals surface area contributed by atoms with Crippen LogP contribution in [-0.4, -0.2) is 82.3 Å². The third kappa shape index (κ3) is 9.65. The molecular formula is C43H42Cl4N6O7S2. The number of nitrogens with one attached hydrogen (secondary N) is 2. The molecule has 62 heavy (non-hydrogen) atoms. The predicted octanol–water partition coefficient (Wildman–Crippen LogP) is 9.56. The van der Waals surface area contributed by atoms with Crippen LogP contribution < -0.4 is 20.3 Å². The molecule has 4 amide bonds. The minimum absolute atomic E-state index is 0.0230. The molecule has 3 aliphatic rings. The average Bonchev–Trinajstić information content (AvgIpc) is 3.24. The van der Waals surface area contributed by atoms with E-state index >= 15 is 0 Å². The third-order valence-corrected chi connectivity index (χ3v) is 15.0. The molecule has 0 atom stereocenters. The van der Waals surface area contributed by atoms with Gasteiger partial charge in [0.1, 0.15) is 5.75 Å². The maximum atomic E-state index is 14.5. The number of piperazine rings is 1. The van der Waals surface area contributed by atoms with Crippen LogP contribution >= 0.6 is 45.5 Å². The van der Waals surface area contributed by atoms with Gasteiger partial charge in [-0.3, -0.25) is 9.80 Å². The van der Waals surface area contributed by atoms with Crippen molar-refractivity contribution in [1.82, 2.24) is 19.4 Å². The Hall–Kier alpha value is -4.58. The highest BCUT2D eigenvalue weighted by atomic mass is 35.7. The number of hydrogen-bond donors (Lipinski definition) is 2. The SMILES string of the molecule is COc1ccc(CN2Cc3c(-c4ccccc4Cl)cc(S(=O)(=O)N4CCN(C(C)C)CC4)cc3N(c3c(Cl)cccc3Cl)C2=O)cc1.O=C1NCc2ccc(S(=O)(=O)Cl)cc2N1. The Morgan fingerprint density at radius 3 is 2.05 bits per heavy atom. The summed E-state index contributed by atoms with van der Waals surface area (Å²) in [5, 5.41) is 6.02. The van der Waals surface area contributed by atoms with E-state index in [2.05, 4.69) is 29.4 Å². The molecule has 0 unspecified atom stereocenters. The molecule has 2 N–H and O–H groups in total. The van der Waals surface area contributed by atoms with Crippen molar-refractivity contribution in [2.75, 3.05) is 43.5 Å². The van der Waals surface area contributed by atoms with Crippen LogP contribution in [0.3, 0.4) is 0 Å². The second-order valence-corrected chi connectivity index (χ2v) is 20.7. The second kappa shape index (κ2) is 18.6. The lowest BCUT2D eigenvalue weighted by atomic mass is 9.95. The molecular weight excluding hydrogens is 918 g/mol. The highest BCUT2D eigenvalue weighted by molar-refractivity contribution is 8.13. The number of nitrogens with zero attached hydrogens (tertiary/aromatic N) is 4. The molecule has 1 saturated heterocycles. The van der Waals surface area contributed by atoms with E-state index in [1.165, 1.54) is 21.3 Å². The van der Waals surface area contributed by atoms with Crippen LogP contribution in [0.2, 0.25) is 15.1 Å². The summed E-state index contributed by atoms with van der Waals surface area (Å²) in [4.78, 5) is 30.9. The fraction of sp³-hybridized carbons (Fsp3) is 0.256. The molecule has 1 fully saturated rings. The van der Waals surface area contributed by atoms with E-state index in [1.54, 1.807) is 54.5 Å². The average molecular weight is 961 g/mol. The number of benzene rings is 5. The lowest BCUT2D eigenvalue weighted by Gasteiger charge is -2.40. The molecule has 0 aliphatic carbocycles. The predicted molar refractivity (Wildman–Crippen MR) is 244 cm³/mol. The van der Waals surface area contributed by atoms with E-state index < -0.39 is 25.1 Å². The second-order valence-electron chi connectivity index (χ2n) is 14.9. The number of hydrogen-bond acceptors (Lipinski definition) is 8. The fourth-order valence-corrected chi connectivity index (χ4v) is 10.5. The van der Waals surface area contributed by atoms with E-state index in [1.807, 2.05) is 42.5 Å². The van der Waals surface area contributed by atoms with E-state index in [0.717, 1.165) is 11.1 Å². The number of carbonyl (C=O) groups excluding carboxylic acids is 2. The van der Waals surface area contributed by atoms with Gasteiger partial charge in [0.2, 0.25) is 10.0 Å². The number of ether oxygens (including phenoxy) is 1. The molecule has 3 aliphatic heterocycles. The Balaban J connectivity index is 0.000000324. The minimum atomic E-state index is -3.97. The number of para-hydroxylation sites is 1. The number of amides is 4. The summed E-state index contributed by atoms with van der Waals surface area (Å²) < 4.78 is 57.6. The number of carbonyl (C=O) groups is 2. The van der Waals surface area contributed by atoms with Crippen LogP contribution in [0.25, 0.3) is 11.1 Å². The molecule has 0 saturated carbocycles. The van der Waals surface area contributed by atoms with Crippen LogP contribution in [-0.2, 0) is 38.7 Å². The van der Waals surface area contributed by atoms with E-state index in [-0.39, 0.29) is 44.6 Å². The highest BCUT2D eigenvalue weighted by Gasteiger charge is 2.38. The van der Waals surface area contributed by atoms with Crippen molar-refractivity contribution in [3.05, 3.63) is 129 Å². The van der Waals surface area contributed by atoms with Crippen molar-refractivity contribution in [2.45, 2.75) is 49.3 Å². The molecule has 326 valence electrons. The van der Waals surface area contributed by atoms with Crippen LogP contribution in [0, 0.1) is 0 Å². The van der Waals surface area contributed by atoms with Crippen molar-refractivity contribution in [2.24, 2.45) is 0 Å². The summed E-state index contributed by atoms with van der Waals surface area (Å²) in [6, 6.07) is 27.0. The van der Waals surface area contributed by atoms with Gasteiger partial charge in [-0.1, -0.05) is 77.3 Å². The van der Waals surface area contributed by atoms with Gasteiger partial charge >= 0.3 is 12.1 Å². The first-order valence-electron chi connectivity index (χ1n) is 19.4. The van der Waals surface area contributed by atoms with Gasteiger partial charge in [0.15, 0.2) is 0 Å². The molecule has 8 rings (SSSR count). The van der Waals surface area contributed by atoms with Gasteiger partial charge in [0.05, 0.1) is 44.9 Å². The first-order valence-corrected chi connectivity index (χ1v) is 24.3. The zero-order valence-electron chi connectivity index (χ0n) is 33.7. The van der Waals surface area contributed by atoms with Crippen molar-refractivity contribution >= 4 is 93.7 Å². The van der Waals surface area contributed by atoms with Crippen molar-refractivity contribution < 1.29 is 31.2 Å². The van der Waals surface area contributed by atoms with Crippen molar-refractivity contribution in [3.8, 4) is 16.9 Å². The van der Waals surface area contributed by atoms with Crippen LogP contribution in [0.1, 0.15) is 30.5 Å².